The summed E-state index contributed by atoms with van der Waals surface area (Å²) in [5.41, 5.74) is 0.614. The second-order valence-electron chi connectivity index (χ2n) is 4.85. The van der Waals surface area contributed by atoms with Gasteiger partial charge in [0.2, 0.25) is 0 Å². The minimum absolute atomic E-state index is 0.166. The van der Waals surface area contributed by atoms with Crippen LogP contribution in [0.25, 0.3) is 0 Å². The van der Waals surface area contributed by atoms with Gasteiger partial charge in [0.1, 0.15) is 11.1 Å². The number of benzene rings is 1. The van der Waals surface area contributed by atoms with Crippen LogP contribution in [0.2, 0.25) is 0 Å². The summed E-state index contributed by atoms with van der Waals surface area (Å²) in [4.78, 5) is 28.1. The van der Waals surface area contributed by atoms with Gasteiger partial charge in [-0.15, -0.1) is 0 Å². The van der Waals surface area contributed by atoms with E-state index >= 15 is 0 Å². The minimum atomic E-state index is -1.06. The molecule has 0 N–H and O–H groups in total. The number of hydrogen-bond donors (Lipinski definition) is 0. The van der Waals surface area contributed by atoms with Gasteiger partial charge in [0, 0.05) is 6.21 Å². The van der Waals surface area contributed by atoms with Gasteiger partial charge >= 0.3 is 11.9 Å². The Balaban J connectivity index is 2.46. The van der Waals surface area contributed by atoms with Crippen molar-refractivity contribution in [3.63, 3.8) is 0 Å². The lowest BCUT2D eigenvalue weighted by atomic mass is 9.77. The average molecular weight is 287 g/mol. The molecule has 0 amide bonds. The lowest BCUT2D eigenvalue weighted by molar-refractivity contribution is -0.146. The summed E-state index contributed by atoms with van der Waals surface area (Å²) in [6, 6.07) is 9.53. The predicted molar refractivity (Wildman–Crippen MR) is 77.8 cm³/mol. The van der Waals surface area contributed by atoms with Crippen LogP contribution in [0.15, 0.2) is 46.6 Å². The number of carbonyl (C=O) groups excluding carboxylic acids is 2. The van der Waals surface area contributed by atoms with Crippen LogP contribution in [0.4, 0.5) is 0 Å². The Morgan fingerprint density at radius 3 is 2.38 bits per heavy atom. The lowest BCUT2D eigenvalue weighted by Gasteiger charge is -2.25. The molecule has 110 valence electrons. The van der Waals surface area contributed by atoms with Gasteiger partial charge in [0.25, 0.3) is 0 Å². The molecule has 2 rings (SSSR count). The predicted octanol–water partition coefficient (Wildman–Crippen LogP) is 1.92. The number of carbonyl (C=O) groups is 2. The molecule has 0 saturated heterocycles. The van der Waals surface area contributed by atoms with Crippen molar-refractivity contribution in [3.05, 3.63) is 47.2 Å². The second-order valence-corrected chi connectivity index (χ2v) is 4.85. The molecule has 21 heavy (non-hydrogen) atoms. The molecule has 0 radical (unpaired) electrons. The molecule has 5 nitrogen and oxygen atoms in total. The monoisotopic (exact) mass is 287 g/mol. The summed E-state index contributed by atoms with van der Waals surface area (Å²) in [6.45, 7) is 1.71. The van der Waals surface area contributed by atoms with Crippen molar-refractivity contribution < 1.29 is 19.1 Å². The Kier molecular flexibility index (Phi) is 4.21. The molecule has 1 aromatic carbocycles. The molecule has 0 aromatic heterocycles. The molecule has 0 fully saturated rings. The van der Waals surface area contributed by atoms with E-state index in [0.717, 1.165) is 5.56 Å². The van der Waals surface area contributed by atoms with E-state index in [1.54, 1.807) is 6.92 Å². The molecule has 1 aromatic rings. The fraction of sp³-hybridized carbons (Fsp3) is 0.312. The first kappa shape index (κ1) is 15.0. The Labute approximate surface area is 123 Å². The summed E-state index contributed by atoms with van der Waals surface area (Å²) in [5, 5.41) is 0. The van der Waals surface area contributed by atoms with Gasteiger partial charge in [-0.1, -0.05) is 30.3 Å². The number of aliphatic imine (C=N–C) groups is 1. The van der Waals surface area contributed by atoms with E-state index in [1.807, 2.05) is 30.3 Å². The van der Waals surface area contributed by atoms with Crippen molar-refractivity contribution in [2.45, 2.75) is 13.3 Å². The summed E-state index contributed by atoms with van der Waals surface area (Å²) >= 11 is 0. The Morgan fingerprint density at radius 1 is 1.14 bits per heavy atom. The number of rotatable bonds is 4. The third-order valence-corrected chi connectivity index (χ3v) is 3.69. The van der Waals surface area contributed by atoms with Crippen molar-refractivity contribution >= 4 is 18.2 Å². The molecule has 0 saturated carbocycles. The maximum absolute atomic E-state index is 12.3. The highest BCUT2D eigenvalue weighted by atomic mass is 16.5. The number of nitrogens with zero attached hydrogens (tertiary/aromatic N) is 1. The van der Waals surface area contributed by atoms with Crippen LogP contribution in [-0.4, -0.2) is 32.4 Å². The van der Waals surface area contributed by atoms with Gasteiger partial charge in [0.15, 0.2) is 0 Å². The fourth-order valence-electron chi connectivity index (χ4n) is 2.44. The van der Waals surface area contributed by atoms with Crippen molar-refractivity contribution in [2.75, 3.05) is 14.2 Å². The molecule has 0 spiro atoms. The Bertz CT molecular complexity index is 618. The molecule has 0 aliphatic carbocycles. The van der Waals surface area contributed by atoms with Crippen molar-refractivity contribution in [2.24, 2.45) is 10.4 Å². The van der Waals surface area contributed by atoms with Crippen LogP contribution in [0.5, 0.6) is 0 Å². The third-order valence-electron chi connectivity index (χ3n) is 3.69. The van der Waals surface area contributed by atoms with Crippen LogP contribution >= 0.6 is 0 Å². The molecule has 5 heteroatoms. The molecule has 1 aliphatic heterocycles. The highest BCUT2D eigenvalue weighted by molar-refractivity contribution is 6.06. The summed E-state index contributed by atoms with van der Waals surface area (Å²) in [5.74, 6) is -0.992. The largest absolute Gasteiger partial charge is 0.468 e. The molecular formula is C16H17NO4. The molecule has 1 aliphatic rings. The zero-order chi connectivity index (χ0) is 15.5. The molecular weight excluding hydrogens is 270 g/mol. The van der Waals surface area contributed by atoms with E-state index in [4.69, 9.17) is 9.47 Å². The summed E-state index contributed by atoms with van der Waals surface area (Å²) < 4.78 is 9.62. The van der Waals surface area contributed by atoms with Crippen molar-refractivity contribution in [1.29, 1.82) is 0 Å². The summed E-state index contributed by atoms with van der Waals surface area (Å²) in [6.07, 6.45) is 1.86. The first-order valence-corrected chi connectivity index (χ1v) is 6.52. The van der Waals surface area contributed by atoms with Gasteiger partial charge in [0.05, 0.1) is 14.2 Å². The van der Waals surface area contributed by atoms with Crippen molar-refractivity contribution in [1.82, 2.24) is 0 Å². The van der Waals surface area contributed by atoms with Gasteiger partial charge in [-0.3, -0.25) is 9.79 Å². The van der Waals surface area contributed by atoms with E-state index < -0.39 is 17.4 Å². The summed E-state index contributed by atoms with van der Waals surface area (Å²) in [7, 11) is 2.61. The normalized spacial score (nSPS) is 20.5. The SMILES string of the molecule is COC(=O)C1=C(C)C(Cc2ccccc2)(C(=O)OC)C=N1. The highest BCUT2D eigenvalue weighted by Gasteiger charge is 2.46. The molecule has 1 atom stereocenters. The van der Waals surface area contributed by atoms with E-state index in [9.17, 15) is 9.59 Å². The highest BCUT2D eigenvalue weighted by Crippen LogP contribution is 2.38. The maximum Gasteiger partial charge on any atom is 0.356 e. The van der Waals surface area contributed by atoms with Gasteiger partial charge in [-0.2, -0.15) is 0 Å². The maximum atomic E-state index is 12.3. The van der Waals surface area contributed by atoms with Gasteiger partial charge < -0.3 is 9.47 Å². The second kappa shape index (κ2) is 5.91. The lowest BCUT2D eigenvalue weighted by Crippen LogP contribution is -2.36. The Hall–Kier alpha value is -2.43. The van der Waals surface area contributed by atoms with Crippen LogP contribution < -0.4 is 0 Å². The molecule has 0 bridgehead atoms. The molecule has 1 unspecified atom stereocenters. The van der Waals surface area contributed by atoms with E-state index in [2.05, 4.69) is 4.99 Å². The van der Waals surface area contributed by atoms with E-state index in [0.29, 0.717) is 12.0 Å². The average Bonchev–Trinajstić information content (AvgIpc) is 2.85. The van der Waals surface area contributed by atoms with Gasteiger partial charge in [-0.05, 0) is 24.5 Å². The number of esters is 2. The van der Waals surface area contributed by atoms with Crippen LogP contribution in [0.3, 0.4) is 0 Å². The van der Waals surface area contributed by atoms with Crippen LogP contribution in [0, 0.1) is 5.41 Å². The van der Waals surface area contributed by atoms with Gasteiger partial charge in [-0.25, -0.2) is 4.79 Å². The first-order chi connectivity index (χ1) is 10.0. The topological polar surface area (TPSA) is 65.0 Å². The van der Waals surface area contributed by atoms with E-state index in [-0.39, 0.29) is 5.70 Å². The van der Waals surface area contributed by atoms with Crippen LogP contribution in [0.1, 0.15) is 12.5 Å². The fourth-order valence-corrected chi connectivity index (χ4v) is 2.44. The molecule has 1 heterocycles. The van der Waals surface area contributed by atoms with E-state index in [1.165, 1.54) is 20.4 Å². The zero-order valence-corrected chi connectivity index (χ0v) is 12.3. The quantitative estimate of drug-likeness (QED) is 0.794. The number of ether oxygens (including phenoxy) is 2. The smallest absolute Gasteiger partial charge is 0.356 e. The Morgan fingerprint density at radius 2 is 1.81 bits per heavy atom. The minimum Gasteiger partial charge on any atom is -0.468 e. The first-order valence-electron chi connectivity index (χ1n) is 6.52. The van der Waals surface area contributed by atoms with Crippen LogP contribution in [-0.2, 0) is 25.5 Å². The number of hydrogen-bond acceptors (Lipinski definition) is 5. The van der Waals surface area contributed by atoms with Crippen molar-refractivity contribution in [3.8, 4) is 0 Å². The zero-order valence-electron chi connectivity index (χ0n) is 12.3. The number of methoxy groups -OCH3 is 2. The third kappa shape index (κ3) is 2.59. The standard InChI is InChI=1S/C16H17NO4/c1-11-13(14(18)20-2)17-10-16(11,15(19)21-3)9-12-7-5-4-6-8-12/h4-8,10H,9H2,1-3H3.